The largest absolute Gasteiger partial charge is 0.325 e. The van der Waals surface area contributed by atoms with E-state index in [9.17, 15) is 9.59 Å². The number of carbonyl (C=O) groups is 2. The molecule has 0 saturated carbocycles. The molecule has 0 bridgehead atoms. The summed E-state index contributed by atoms with van der Waals surface area (Å²) in [5.41, 5.74) is 4.53. The normalized spacial score (nSPS) is 18.1. The lowest BCUT2D eigenvalue weighted by Crippen LogP contribution is -2.43. The van der Waals surface area contributed by atoms with Gasteiger partial charge in [0.2, 0.25) is 5.91 Å². The molecule has 2 aliphatic heterocycles. The summed E-state index contributed by atoms with van der Waals surface area (Å²) in [6, 6.07) is 13.3. The quantitative estimate of drug-likeness (QED) is 0.694. The van der Waals surface area contributed by atoms with Crippen molar-refractivity contribution in [2.24, 2.45) is 15.9 Å². The number of hydrogen-bond acceptors (Lipinski definition) is 5. The number of benzene rings is 2. The van der Waals surface area contributed by atoms with Crippen LogP contribution in [-0.2, 0) is 9.59 Å². The van der Waals surface area contributed by atoms with Crippen LogP contribution in [0.2, 0.25) is 0 Å². The van der Waals surface area contributed by atoms with Crippen LogP contribution in [0.4, 0.5) is 11.4 Å². The Hall–Kier alpha value is -2.93. The number of nitrogens with zero attached hydrogens (tertiary/aromatic N) is 3. The fourth-order valence-electron chi connectivity index (χ4n) is 3.82. The maximum Gasteiger partial charge on any atom is 0.259 e. The Bertz CT molecular complexity index is 1140. The highest BCUT2D eigenvalue weighted by molar-refractivity contribution is 8.15. The molecule has 0 saturated heterocycles. The summed E-state index contributed by atoms with van der Waals surface area (Å²) in [5, 5.41) is 3.18. The highest BCUT2D eigenvalue weighted by Gasteiger charge is 2.43. The van der Waals surface area contributed by atoms with Gasteiger partial charge < -0.3 is 5.32 Å². The van der Waals surface area contributed by atoms with E-state index in [0.29, 0.717) is 17.4 Å². The maximum absolute atomic E-state index is 13.2. The Balaban J connectivity index is 1.64. The Morgan fingerprint density at radius 1 is 1.19 bits per heavy atom. The van der Waals surface area contributed by atoms with E-state index in [-0.39, 0.29) is 17.7 Å². The Labute approximate surface area is 193 Å². The predicted molar refractivity (Wildman–Crippen MR) is 132 cm³/mol. The molecule has 4 rings (SSSR count). The first-order valence-corrected chi connectivity index (χ1v) is 11.8. The molecule has 1 N–H and O–H groups in total. The summed E-state index contributed by atoms with van der Waals surface area (Å²) >= 11 is 1.32. The van der Waals surface area contributed by atoms with Crippen LogP contribution >= 0.6 is 11.8 Å². The number of fused-ring (bicyclic) bond motifs is 3. The molecule has 7 heteroatoms. The van der Waals surface area contributed by atoms with Crippen molar-refractivity contribution in [3.05, 3.63) is 59.2 Å². The second-order valence-electron chi connectivity index (χ2n) is 8.55. The monoisotopic (exact) mass is 448 g/mol. The Morgan fingerprint density at radius 3 is 2.66 bits per heavy atom. The van der Waals surface area contributed by atoms with Gasteiger partial charge in [-0.1, -0.05) is 56.8 Å². The predicted octanol–water partition coefficient (Wildman–Crippen LogP) is 5.07. The number of amides is 2. The molecule has 0 fully saturated rings. The first-order valence-electron chi connectivity index (χ1n) is 10.9. The molecule has 2 atom stereocenters. The zero-order chi connectivity index (χ0) is 23.0. The Morgan fingerprint density at radius 2 is 1.94 bits per heavy atom. The minimum atomic E-state index is -0.439. The number of carbonyl (C=O) groups excluding carboxylic acids is 2. The van der Waals surface area contributed by atoms with Crippen molar-refractivity contribution in [1.29, 1.82) is 0 Å². The van der Waals surface area contributed by atoms with E-state index in [2.05, 4.69) is 5.32 Å². The first kappa shape index (κ1) is 22.3. The fraction of sp³-hybridized carbons (Fsp3) is 0.360. The number of nitrogens with one attached hydrogen (secondary N) is 1. The summed E-state index contributed by atoms with van der Waals surface area (Å²) in [6.07, 6.45) is 0.601. The third kappa shape index (κ3) is 4.09. The average Bonchev–Trinajstić information content (AvgIpc) is 3.12. The Kier molecular flexibility index (Phi) is 6.20. The topological polar surface area (TPSA) is 74.1 Å². The standard InChI is InChI=1S/C25H28N4O2S/c1-6-20(23(30)26-19-13-15(4)11-12-16(19)5)32-25-27-18-10-8-7-9-17(18)22-28-21(14(2)3)24(31)29(22)25/h7-14,20-21H,6H2,1-5H3,(H,26,30)/t20-,21+/m0/s1. The minimum absolute atomic E-state index is 0.0774. The third-order valence-electron chi connectivity index (χ3n) is 5.69. The van der Waals surface area contributed by atoms with Crippen LogP contribution < -0.4 is 5.32 Å². The number of amidine groups is 2. The lowest BCUT2D eigenvalue weighted by atomic mass is 10.1. The molecule has 2 heterocycles. The molecular formula is C25H28N4O2S. The highest BCUT2D eigenvalue weighted by Crippen LogP contribution is 2.36. The molecule has 2 amide bonds. The molecule has 0 aliphatic carbocycles. The molecule has 2 aliphatic rings. The van der Waals surface area contributed by atoms with Gasteiger partial charge in [-0.25, -0.2) is 9.89 Å². The van der Waals surface area contributed by atoms with Gasteiger partial charge in [0.25, 0.3) is 5.91 Å². The summed E-state index contributed by atoms with van der Waals surface area (Å²) in [7, 11) is 0. The molecule has 6 nitrogen and oxygen atoms in total. The van der Waals surface area contributed by atoms with E-state index in [1.54, 1.807) is 4.90 Å². The number of rotatable bonds is 5. The van der Waals surface area contributed by atoms with Gasteiger partial charge in [0.05, 0.1) is 10.9 Å². The van der Waals surface area contributed by atoms with Crippen molar-refractivity contribution in [1.82, 2.24) is 4.90 Å². The molecule has 0 spiro atoms. The summed E-state index contributed by atoms with van der Waals surface area (Å²) in [6.45, 7) is 9.93. The molecular weight excluding hydrogens is 420 g/mol. The van der Waals surface area contributed by atoms with E-state index in [4.69, 9.17) is 9.98 Å². The van der Waals surface area contributed by atoms with Crippen molar-refractivity contribution in [2.45, 2.75) is 52.3 Å². The number of aryl methyl sites for hydroxylation is 2. The van der Waals surface area contributed by atoms with Crippen molar-refractivity contribution in [2.75, 3.05) is 5.32 Å². The van der Waals surface area contributed by atoms with E-state index < -0.39 is 11.3 Å². The minimum Gasteiger partial charge on any atom is -0.325 e. The van der Waals surface area contributed by atoms with Gasteiger partial charge in [-0.2, -0.15) is 0 Å². The molecule has 2 aromatic rings. The van der Waals surface area contributed by atoms with Crippen LogP contribution in [0.3, 0.4) is 0 Å². The second-order valence-corrected chi connectivity index (χ2v) is 9.72. The number of hydrogen-bond donors (Lipinski definition) is 1. The van der Waals surface area contributed by atoms with E-state index >= 15 is 0 Å². The van der Waals surface area contributed by atoms with Gasteiger partial charge >= 0.3 is 0 Å². The zero-order valence-electron chi connectivity index (χ0n) is 19.0. The van der Waals surface area contributed by atoms with Crippen molar-refractivity contribution in [3.8, 4) is 0 Å². The smallest absolute Gasteiger partial charge is 0.259 e. The molecule has 32 heavy (non-hydrogen) atoms. The van der Waals surface area contributed by atoms with Crippen molar-refractivity contribution >= 4 is 46.0 Å². The summed E-state index contributed by atoms with van der Waals surface area (Å²) < 4.78 is 0. The van der Waals surface area contributed by atoms with Gasteiger partial charge in [-0.3, -0.25) is 14.6 Å². The van der Waals surface area contributed by atoms with E-state index in [1.807, 2.05) is 77.1 Å². The van der Waals surface area contributed by atoms with Gasteiger partial charge in [0.15, 0.2) is 5.17 Å². The van der Waals surface area contributed by atoms with Gasteiger partial charge in [0, 0.05) is 11.3 Å². The fourth-order valence-corrected chi connectivity index (χ4v) is 4.84. The highest BCUT2D eigenvalue weighted by atomic mass is 32.2. The summed E-state index contributed by atoms with van der Waals surface area (Å²) in [4.78, 5) is 37.5. The van der Waals surface area contributed by atoms with Gasteiger partial charge in [-0.15, -0.1) is 0 Å². The lowest BCUT2D eigenvalue weighted by Gasteiger charge is -2.27. The van der Waals surface area contributed by atoms with Crippen molar-refractivity contribution < 1.29 is 9.59 Å². The van der Waals surface area contributed by atoms with Crippen molar-refractivity contribution in [3.63, 3.8) is 0 Å². The van der Waals surface area contributed by atoms with Crippen LogP contribution in [0.5, 0.6) is 0 Å². The zero-order valence-corrected chi connectivity index (χ0v) is 19.9. The molecule has 0 aromatic heterocycles. The van der Waals surface area contributed by atoms with Crippen LogP contribution in [0.1, 0.15) is 43.9 Å². The maximum atomic E-state index is 13.2. The molecule has 166 valence electrons. The van der Waals surface area contributed by atoms with E-state index in [0.717, 1.165) is 28.1 Å². The van der Waals surface area contributed by atoms with Crippen LogP contribution in [0, 0.1) is 19.8 Å². The average molecular weight is 449 g/mol. The SMILES string of the molecule is CC[C@H](SC1=Nc2ccccc2C2=N[C@H](C(C)C)C(=O)N12)C(=O)Nc1cc(C)ccc1C. The molecule has 2 aromatic carbocycles. The molecule has 0 radical (unpaired) electrons. The van der Waals surface area contributed by atoms with E-state index in [1.165, 1.54) is 11.8 Å². The lowest BCUT2D eigenvalue weighted by molar-refractivity contribution is -0.125. The number of para-hydroxylation sites is 1. The van der Waals surface area contributed by atoms with Crippen LogP contribution in [-0.4, -0.2) is 39.0 Å². The van der Waals surface area contributed by atoms with Gasteiger partial charge in [-0.05, 0) is 55.5 Å². The van der Waals surface area contributed by atoms with Crippen LogP contribution in [0.15, 0.2) is 52.4 Å². The van der Waals surface area contributed by atoms with Gasteiger partial charge in [0.1, 0.15) is 11.9 Å². The molecule has 0 unspecified atom stereocenters. The first-order chi connectivity index (χ1) is 15.3. The number of thioether (sulfide) groups is 1. The number of anilines is 1. The number of aliphatic imine (C=N–C) groups is 2. The summed E-state index contributed by atoms with van der Waals surface area (Å²) in [5.74, 6) is 0.527. The third-order valence-corrected chi connectivity index (χ3v) is 7.01. The second kappa shape index (κ2) is 8.90. The van der Waals surface area contributed by atoms with Crippen LogP contribution in [0.25, 0.3) is 0 Å².